The lowest BCUT2D eigenvalue weighted by Gasteiger charge is -2.10. The van der Waals surface area contributed by atoms with Gasteiger partial charge in [0.25, 0.3) is 5.91 Å². The second kappa shape index (κ2) is 8.88. The molecule has 1 N–H and O–H groups in total. The molecule has 3 nitrogen and oxygen atoms in total. The van der Waals surface area contributed by atoms with Gasteiger partial charge >= 0.3 is 6.61 Å². The van der Waals surface area contributed by atoms with Crippen molar-refractivity contribution in [2.24, 2.45) is 0 Å². The molecule has 0 unspecified atom stereocenters. The van der Waals surface area contributed by atoms with Gasteiger partial charge in [0.05, 0.1) is 5.56 Å². The van der Waals surface area contributed by atoms with Crippen LogP contribution in [0.1, 0.15) is 10.4 Å². The summed E-state index contributed by atoms with van der Waals surface area (Å²) >= 11 is 4.96. The molecule has 0 saturated heterocycles. The summed E-state index contributed by atoms with van der Waals surface area (Å²) in [4.78, 5) is 13.1. The lowest BCUT2D eigenvalue weighted by Crippen LogP contribution is -2.26. The number of hydrogen-bond acceptors (Lipinski definition) is 3. The number of hydrogen-bond donors (Lipinski definition) is 1. The van der Waals surface area contributed by atoms with Crippen molar-refractivity contribution in [3.8, 4) is 5.75 Å². The first-order chi connectivity index (χ1) is 11.1. The number of halogens is 3. The third-order valence-corrected chi connectivity index (χ3v) is 4.36. The predicted molar refractivity (Wildman–Crippen MR) is 90.3 cm³/mol. The molecule has 0 aliphatic carbocycles. The van der Waals surface area contributed by atoms with Crippen LogP contribution >= 0.6 is 27.7 Å². The Hall–Kier alpha value is -1.60. The van der Waals surface area contributed by atoms with Gasteiger partial charge in [0.15, 0.2) is 0 Å². The fraction of sp³-hybridized carbons (Fsp3) is 0.188. The van der Waals surface area contributed by atoms with Gasteiger partial charge < -0.3 is 10.1 Å². The van der Waals surface area contributed by atoms with Gasteiger partial charge in [-0.3, -0.25) is 4.79 Å². The van der Waals surface area contributed by atoms with Crippen LogP contribution < -0.4 is 10.1 Å². The molecule has 0 atom stereocenters. The highest BCUT2D eigenvalue weighted by atomic mass is 79.9. The van der Waals surface area contributed by atoms with E-state index < -0.39 is 12.5 Å². The Morgan fingerprint density at radius 3 is 2.57 bits per heavy atom. The van der Waals surface area contributed by atoms with E-state index >= 15 is 0 Å². The molecule has 0 aliphatic heterocycles. The number of carbonyl (C=O) groups is 1. The predicted octanol–water partition coefficient (Wildman–Crippen LogP) is 4.57. The second-order valence-corrected chi connectivity index (χ2v) is 6.52. The molecule has 122 valence electrons. The number of thioether (sulfide) groups is 1. The fourth-order valence-electron chi connectivity index (χ4n) is 1.81. The summed E-state index contributed by atoms with van der Waals surface area (Å²) in [6.45, 7) is -2.54. The largest absolute Gasteiger partial charge is 0.434 e. The Bertz CT molecular complexity index is 653. The zero-order chi connectivity index (χ0) is 16.7. The van der Waals surface area contributed by atoms with E-state index in [1.165, 1.54) is 18.2 Å². The summed E-state index contributed by atoms with van der Waals surface area (Å²) in [5, 5.41) is 2.70. The van der Waals surface area contributed by atoms with Crippen LogP contribution in [-0.4, -0.2) is 24.8 Å². The van der Waals surface area contributed by atoms with Gasteiger partial charge in [-0.05, 0) is 36.4 Å². The normalized spacial score (nSPS) is 10.6. The number of nitrogens with one attached hydrogen (secondary N) is 1. The van der Waals surface area contributed by atoms with Crippen LogP contribution in [0.2, 0.25) is 0 Å². The first-order valence-electron chi connectivity index (χ1n) is 6.76. The third-order valence-electron chi connectivity index (χ3n) is 2.82. The standard InChI is InChI=1S/C16H14BrF2NO2S/c17-11-5-7-12(8-6-11)23-10-9-20-15(21)13-3-1-2-4-14(13)22-16(18)19/h1-8,16H,9-10H2,(H,20,21). The molecule has 0 aromatic heterocycles. The van der Waals surface area contributed by atoms with Crippen LogP contribution in [0.3, 0.4) is 0 Å². The Labute approximate surface area is 145 Å². The molecule has 0 radical (unpaired) electrons. The minimum absolute atomic E-state index is 0.0986. The van der Waals surface area contributed by atoms with Crippen molar-refractivity contribution in [1.82, 2.24) is 5.32 Å². The highest BCUT2D eigenvalue weighted by Crippen LogP contribution is 2.21. The molecule has 0 heterocycles. The summed E-state index contributed by atoms with van der Waals surface area (Å²) < 4.78 is 30.0. The van der Waals surface area contributed by atoms with Crippen molar-refractivity contribution in [3.63, 3.8) is 0 Å². The average Bonchev–Trinajstić information content (AvgIpc) is 2.53. The summed E-state index contributed by atoms with van der Waals surface area (Å²) in [6.07, 6.45) is 0. The molecule has 0 fully saturated rings. The van der Waals surface area contributed by atoms with E-state index in [0.717, 1.165) is 9.37 Å². The van der Waals surface area contributed by atoms with Crippen LogP contribution in [0.15, 0.2) is 57.9 Å². The van der Waals surface area contributed by atoms with Gasteiger partial charge in [0.2, 0.25) is 0 Å². The van der Waals surface area contributed by atoms with Crippen molar-refractivity contribution in [3.05, 3.63) is 58.6 Å². The number of amides is 1. The van der Waals surface area contributed by atoms with Gasteiger partial charge in [-0.2, -0.15) is 8.78 Å². The number of alkyl halides is 2. The van der Waals surface area contributed by atoms with E-state index in [4.69, 9.17) is 0 Å². The molecule has 1 amide bonds. The van der Waals surface area contributed by atoms with E-state index in [0.29, 0.717) is 12.3 Å². The smallest absolute Gasteiger partial charge is 0.387 e. The van der Waals surface area contributed by atoms with Crippen molar-refractivity contribution < 1.29 is 18.3 Å². The zero-order valence-corrected chi connectivity index (χ0v) is 14.4. The minimum Gasteiger partial charge on any atom is -0.434 e. The SMILES string of the molecule is O=C(NCCSc1ccc(Br)cc1)c1ccccc1OC(F)F. The topological polar surface area (TPSA) is 38.3 Å². The van der Waals surface area contributed by atoms with E-state index in [2.05, 4.69) is 26.0 Å². The van der Waals surface area contributed by atoms with Crippen LogP contribution in [0.4, 0.5) is 8.78 Å². The maximum Gasteiger partial charge on any atom is 0.387 e. The molecule has 0 bridgehead atoms. The van der Waals surface area contributed by atoms with E-state index in [-0.39, 0.29) is 11.3 Å². The first-order valence-corrected chi connectivity index (χ1v) is 8.54. The van der Waals surface area contributed by atoms with Crippen molar-refractivity contribution >= 4 is 33.6 Å². The Morgan fingerprint density at radius 1 is 1.17 bits per heavy atom. The quantitative estimate of drug-likeness (QED) is 0.545. The highest BCUT2D eigenvalue weighted by Gasteiger charge is 2.14. The lowest BCUT2D eigenvalue weighted by atomic mass is 10.2. The number of carbonyl (C=O) groups excluding carboxylic acids is 1. The summed E-state index contributed by atoms with van der Waals surface area (Å²) in [5.74, 6) is 0.115. The first kappa shape index (κ1) is 17.7. The van der Waals surface area contributed by atoms with Gasteiger partial charge in [-0.1, -0.05) is 28.1 Å². The number of ether oxygens (including phenoxy) is 1. The average molecular weight is 402 g/mol. The van der Waals surface area contributed by atoms with Crippen molar-refractivity contribution in [1.29, 1.82) is 0 Å². The van der Waals surface area contributed by atoms with Gasteiger partial charge in [0, 0.05) is 21.7 Å². The third kappa shape index (κ3) is 5.84. The summed E-state index contributed by atoms with van der Waals surface area (Å²) in [7, 11) is 0. The van der Waals surface area contributed by atoms with E-state index in [1.807, 2.05) is 24.3 Å². The molecule has 0 saturated carbocycles. The molecule has 2 aromatic rings. The van der Waals surface area contributed by atoms with Crippen LogP contribution in [0, 0.1) is 0 Å². The van der Waals surface area contributed by atoms with Gasteiger partial charge in [-0.25, -0.2) is 0 Å². The number of rotatable bonds is 7. The molecule has 7 heteroatoms. The lowest BCUT2D eigenvalue weighted by molar-refractivity contribution is -0.0501. The van der Waals surface area contributed by atoms with Crippen LogP contribution in [-0.2, 0) is 0 Å². The Balaban J connectivity index is 1.84. The zero-order valence-electron chi connectivity index (χ0n) is 12.0. The number of para-hydroxylation sites is 1. The van der Waals surface area contributed by atoms with Crippen molar-refractivity contribution in [2.75, 3.05) is 12.3 Å². The van der Waals surface area contributed by atoms with E-state index in [1.54, 1.807) is 17.8 Å². The summed E-state index contributed by atoms with van der Waals surface area (Å²) in [6, 6.07) is 13.8. The van der Waals surface area contributed by atoms with Gasteiger partial charge in [0.1, 0.15) is 5.75 Å². The van der Waals surface area contributed by atoms with Crippen LogP contribution in [0.25, 0.3) is 0 Å². The molecule has 0 spiro atoms. The maximum atomic E-state index is 12.3. The number of benzene rings is 2. The monoisotopic (exact) mass is 401 g/mol. The minimum atomic E-state index is -2.96. The molecule has 23 heavy (non-hydrogen) atoms. The van der Waals surface area contributed by atoms with E-state index in [9.17, 15) is 13.6 Å². The second-order valence-electron chi connectivity index (χ2n) is 4.43. The highest BCUT2D eigenvalue weighted by molar-refractivity contribution is 9.10. The fourth-order valence-corrected chi connectivity index (χ4v) is 2.85. The Morgan fingerprint density at radius 2 is 1.87 bits per heavy atom. The molecule has 2 aromatic carbocycles. The molecule has 0 aliphatic rings. The molecular weight excluding hydrogens is 388 g/mol. The van der Waals surface area contributed by atoms with Crippen molar-refractivity contribution in [2.45, 2.75) is 11.5 Å². The van der Waals surface area contributed by atoms with Gasteiger partial charge in [-0.15, -0.1) is 11.8 Å². The maximum absolute atomic E-state index is 12.3. The summed E-state index contributed by atoms with van der Waals surface area (Å²) in [5.41, 5.74) is 0.0986. The molecule has 2 rings (SSSR count). The molecular formula is C16H14BrF2NO2S. The van der Waals surface area contributed by atoms with Crippen LogP contribution in [0.5, 0.6) is 5.75 Å². The Kier molecular flexibility index (Phi) is 6.85.